The highest BCUT2D eigenvalue weighted by atomic mass is 79.9. The van der Waals surface area contributed by atoms with Crippen molar-refractivity contribution in [1.29, 1.82) is 0 Å². The average molecular weight is 275 g/mol. The van der Waals surface area contributed by atoms with Gasteiger partial charge < -0.3 is 0 Å². The molecule has 2 rings (SSSR count). The third-order valence-corrected chi connectivity index (χ3v) is 4.41. The van der Waals surface area contributed by atoms with E-state index in [-0.39, 0.29) is 0 Å². The van der Waals surface area contributed by atoms with Crippen molar-refractivity contribution in [1.82, 2.24) is 10.2 Å². The molecule has 2 heterocycles. The summed E-state index contributed by atoms with van der Waals surface area (Å²) in [4.78, 5) is 1.18. The maximum atomic E-state index is 4.13. The van der Waals surface area contributed by atoms with Crippen LogP contribution in [0.4, 0.5) is 0 Å². The standard InChI is InChI=1S/C8H7BrN2S2/c1-2-7-10-11-8(13-7)5-3-4-6(9)12-5/h3-4H,2H2,1H3. The second-order valence-corrected chi connectivity index (χ2v) is 5.98. The van der Waals surface area contributed by atoms with Crippen LogP contribution >= 0.6 is 38.6 Å². The number of aromatic nitrogens is 2. The Hall–Kier alpha value is -0.260. The quantitative estimate of drug-likeness (QED) is 0.837. The maximum absolute atomic E-state index is 4.13. The van der Waals surface area contributed by atoms with Gasteiger partial charge in [0.15, 0.2) is 5.01 Å². The first-order valence-electron chi connectivity index (χ1n) is 3.87. The van der Waals surface area contributed by atoms with Crippen molar-refractivity contribution in [3.8, 4) is 9.88 Å². The van der Waals surface area contributed by atoms with Gasteiger partial charge in [0.05, 0.1) is 8.66 Å². The van der Waals surface area contributed by atoms with Gasteiger partial charge in [-0.25, -0.2) is 0 Å². The zero-order valence-electron chi connectivity index (χ0n) is 6.95. The highest BCUT2D eigenvalue weighted by Crippen LogP contribution is 2.32. The van der Waals surface area contributed by atoms with Gasteiger partial charge in [0.25, 0.3) is 0 Å². The van der Waals surface area contributed by atoms with E-state index in [0.717, 1.165) is 20.2 Å². The van der Waals surface area contributed by atoms with E-state index in [2.05, 4.69) is 39.1 Å². The van der Waals surface area contributed by atoms with Crippen LogP contribution in [0.2, 0.25) is 0 Å². The zero-order valence-corrected chi connectivity index (χ0v) is 10.2. The molecule has 5 heteroatoms. The second-order valence-electron chi connectivity index (χ2n) is 2.46. The van der Waals surface area contributed by atoms with Crippen molar-refractivity contribution in [2.45, 2.75) is 13.3 Å². The number of hydrogen-bond donors (Lipinski definition) is 0. The molecular weight excluding hydrogens is 268 g/mol. The van der Waals surface area contributed by atoms with Gasteiger partial charge in [-0.15, -0.1) is 21.5 Å². The predicted molar refractivity (Wildman–Crippen MR) is 60.3 cm³/mol. The van der Waals surface area contributed by atoms with E-state index in [1.54, 1.807) is 22.7 Å². The summed E-state index contributed by atoms with van der Waals surface area (Å²) in [5.41, 5.74) is 0. The van der Waals surface area contributed by atoms with Crippen LogP contribution < -0.4 is 0 Å². The molecule has 2 aromatic rings. The molecule has 0 radical (unpaired) electrons. The summed E-state index contributed by atoms with van der Waals surface area (Å²) in [5, 5.41) is 10.3. The molecule has 2 nitrogen and oxygen atoms in total. The number of hydrogen-bond acceptors (Lipinski definition) is 4. The summed E-state index contributed by atoms with van der Waals surface area (Å²) in [7, 11) is 0. The fourth-order valence-corrected chi connectivity index (χ4v) is 3.14. The van der Waals surface area contributed by atoms with Gasteiger partial charge in [-0.1, -0.05) is 18.3 Å². The summed E-state index contributed by atoms with van der Waals surface area (Å²) in [6.45, 7) is 2.09. The topological polar surface area (TPSA) is 25.8 Å². The molecule has 0 spiro atoms. The first-order valence-corrected chi connectivity index (χ1v) is 6.30. The molecule has 2 aromatic heterocycles. The molecule has 0 aliphatic carbocycles. The van der Waals surface area contributed by atoms with E-state index in [0.29, 0.717) is 0 Å². The minimum absolute atomic E-state index is 0.963. The van der Waals surface area contributed by atoms with E-state index >= 15 is 0 Å². The van der Waals surface area contributed by atoms with Crippen molar-refractivity contribution in [3.63, 3.8) is 0 Å². The van der Waals surface area contributed by atoms with Gasteiger partial charge in [-0.2, -0.15) is 0 Å². The highest BCUT2D eigenvalue weighted by molar-refractivity contribution is 9.11. The summed E-state index contributed by atoms with van der Waals surface area (Å²) in [6, 6.07) is 4.10. The monoisotopic (exact) mass is 274 g/mol. The molecule has 0 fully saturated rings. The minimum Gasteiger partial charge on any atom is -0.143 e. The Balaban J connectivity index is 2.35. The van der Waals surface area contributed by atoms with Gasteiger partial charge in [0, 0.05) is 0 Å². The highest BCUT2D eigenvalue weighted by Gasteiger charge is 2.07. The average Bonchev–Trinajstić information content (AvgIpc) is 2.71. The molecule has 13 heavy (non-hydrogen) atoms. The van der Waals surface area contributed by atoms with E-state index in [1.807, 2.05) is 6.07 Å². The smallest absolute Gasteiger partial charge is 0.143 e. The van der Waals surface area contributed by atoms with Crippen LogP contribution in [0.3, 0.4) is 0 Å². The van der Waals surface area contributed by atoms with E-state index < -0.39 is 0 Å². The first-order chi connectivity index (χ1) is 6.29. The van der Waals surface area contributed by atoms with Gasteiger partial charge in [-0.05, 0) is 34.5 Å². The van der Waals surface area contributed by atoms with E-state index in [1.165, 1.54) is 4.88 Å². The molecule has 0 saturated carbocycles. The number of nitrogens with zero attached hydrogens (tertiary/aromatic N) is 2. The first kappa shape index (κ1) is 9.30. The summed E-state index contributed by atoms with van der Waals surface area (Å²) >= 11 is 6.78. The van der Waals surface area contributed by atoms with Crippen LogP contribution in [0, 0.1) is 0 Å². The molecule has 0 aliphatic rings. The van der Waals surface area contributed by atoms with Crippen molar-refractivity contribution < 1.29 is 0 Å². The second kappa shape index (κ2) is 3.86. The van der Waals surface area contributed by atoms with Gasteiger partial charge in [0.2, 0.25) is 0 Å². The SMILES string of the molecule is CCc1nnc(-c2ccc(Br)s2)s1. The lowest BCUT2D eigenvalue weighted by molar-refractivity contribution is 0.987. The Labute approximate surface area is 92.8 Å². The van der Waals surface area contributed by atoms with Crippen molar-refractivity contribution in [2.24, 2.45) is 0 Å². The molecular formula is C8H7BrN2S2. The molecule has 0 amide bonds. The van der Waals surface area contributed by atoms with Crippen LogP contribution in [-0.4, -0.2) is 10.2 Å². The van der Waals surface area contributed by atoms with Crippen LogP contribution in [0.5, 0.6) is 0 Å². The summed E-state index contributed by atoms with van der Waals surface area (Å²) < 4.78 is 1.13. The Kier molecular flexibility index (Phi) is 2.76. The largest absolute Gasteiger partial charge is 0.157 e. The van der Waals surface area contributed by atoms with Crippen molar-refractivity contribution in [3.05, 3.63) is 20.9 Å². The lowest BCUT2D eigenvalue weighted by atomic mass is 10.5. The molecule has 0 atom stereocenters. The van der Waals surface area contributed by atoms with Crippen LogP contribution in [0.25, 0.3) is 9.88 Å². The number of aryl methyl sites for hydroxylation is 1. The molecule has 0 aliphatic heterocycles. The van der Waals surface area contributed by atoms with Gasteiger partial charge in [-0.3, -0.25) is 0 Å². The predicted octanol–water partition coefficient (Wildman–Crippen LogP) is 3.59. The van der Waals surface area contributed by atoms with Crippen molar-refractivity contribution in [2.75, 3.05) is 0 Å². The van der Waals surface area contributed by atoms with E-state index in [4.69, 9.17) is 0 Å². The van der Waals surface area contributed by atoms with Crippen LogP contribution in [0.15, 0.2) is 15.9 Å². The number of halogens is 1. The van der Waals surface area contributed by atoms with Gasteiger partial charge >= 0.3 is 0 Å². The Bertz CT molecular complexity index is 408. The fourth-order valence-electron chi connectivity index (χ4n) is 0.925. The molecule has 0 unspecified atom stereocenters. The number of thiophene rings is 1. The number of rotatable bonds is 2. The summed E-state index contributed by atoms with van der Waals surface area (Å²) in [5.74, 6) is 0. The molecule has 0 saturated heterocycles. The lowest BCUT2D eigenvalue weighted by Crippen LogP contribution is -1.75. The van der Waals surface area contributed by atoms with Crippen molar-refractivity contribution >= 4 is 38.6 Å². The summed E-state index contributed by atoms with van der Waals surface area (Å²) in [6.07, 6.45) is 0.963. The minimum atomic E-state index is 0.963. The van der Waals surface area contributed by atoms with Crippen LogP contribution in [0.1, 0.15) is 11.9 Å². The van der Waals surface area contributed by atoms with Gasteiger partial charge in [0.1, 0.15) is 5.01 Å². The third kappa shape index (κ3) is 1.98. The lowest BCUT2D eigenvalue weighted by Gasteiger charge is -1.83. The molecule has 0 aromatic carbocycles. The Morgan fingerprint density at radius 2 is 2.15 bits per heavy atom. The Morgan fingerprint density at radius 1 is 1.31 bits per heavy atom. The molecule has 68 valence electrons. The molecule has 0 bridgehead atoms. The zero-order chi connectivity index (χ0) is 9.26. The fraction of sp³-hybridized carbons (Fsp3) is 0.250. The molecule has 0 N–H and O–H groups in total. The normalized spacial score (nSPS) is 10.6. The van der Waals surface area contributed by atoms with E-state index in [9.17, 15) is 0 Å². The maximum Gasteiger partial charge on any atom is 0.157 e. The Morgan fingerprint density at radius 3 is 2.69 bits per heavy atom. The van der Waals surface area contributed by atoms with Crippen LogP contribution in [-0.2, 0) is 6.42 Å². The third-order valence-electron chi connectivity index (χ3n) is 1.55.